The van der Waals surface area contributed by atoms with E-state index in [9.17, 15) is 9.50 Å². The second-order valence-corrected chi connectivity index (χ2v) is 11.0. The number of fused-ring (bicyclic) bond motifs is 1. The number of nitrogens with one attached hydrogen (secondary N) is 2. The van der Waals surface area contributed by atoms with E-state index in [2.05, 4.69) is 28.8 Å². The molecule has 0 amide bonds. The van der Waals surface area contributed by atoms with Crippen LogP contribution in [0.2, 0.25) is 0 Å². The summed E-state index contributed by atoms with van der Waals surface area (Å²) in [7, 11) is 1.69. The monoisotopic (exact) mass is 532 g/mol. The number of benzene rings is 3. The van der Waals surface area contributed by atoms with E-state index in [1.807, 2.05) is 18.2 Å². The van der Waals surface area contributed by atoms with Crippen LogP contribution in [0.15, 0.2) is 54.6 Å². The van der Waals surface area contributed by atoms with Gasteiger partial charge in [0.25, 0.3) is 0 Å². The van der Waals surface area contributed by atoms with E-state index in [0.717, 1.165) is 74.7 Å². The Hall–Kier alpha value is -3.25. The molecule has 5 nitrogen and oxygen atoms in total. The zero-order valence-electron chi connectivity index (χ0n) is 23.0. The molecule has 3 aromatic carbocycles. The van der Waals surface area contributed by atoms with Crippen LogP contribution < -0.4 is 20.1 Å². The number of ether oxygens (including phenoxy) is 2. The smallest absolute Gasteiger partial charge is 0.165 e. The maximum absolute atomic E-state index is 14.6. The van der Waals surface area contributed by atoms with Crippen LogP contribution in [-0.4, -0.2) is 38.5 Å². The van der Waals surface area contributed by atoms with E-state index in [-0.39, 0.29) is 5.82 Å². The molecule has 3 N–H and O–H groups in total. The Bertz CT molecular complexity index is 1240. The van der Waals surface area contributed by atoms with Gasteiger partial charge < -0.3 is 25.2 Å². The third-order valence-electron chi connectivity index (χ3n) is 8.27. The highest BCUT2D eigenvalue weighted by Crippen LogP contribution is 2.38. The summed E-state index contributed by atoms with van der Waals surface area (Å²) in [4.78, 5) is 0. The molecule has 6 heteroatoms. The highest BCUT2D eigenvalue weighted by atomic mass is 19.1. The van der Waals surface area contributed by atoms with Crippen molar-refractivity contribution in [1.82, 2.24) is 5.32 Å². The lowest BCUT2D eigenvalue weighted by atomic mass is 9.79. The number of hydrogen-bond acceptors (Lipinski definition) is 5. The second-order valence-electron chi connectivity index (χ2n) is 11.0. The van der Waals surface area contributed by atoms with Crippen molar-refractivity contribution in [2.24, 2.45) is 5.92 Å². The number of phenols is 1. The summed E-state index contributed by atoms with van der Waals surface area (Å²) in [6.07, 6.45) is 8.62. The molecule has 208 valence electrons. The van der Waals surface area contributed by atoms with Crippen LogP contribution in [0.5, 0.6) is 17.2 Å². The van der Waals surface area contributed by atoms with Crippen molar-refractivity contribution >= 4 is 5.69 Å². The van der Waals surface area contributed by atoms with Crippen molar-refractivity contribution in [3.05, 3.63) is 82.7 Å². The van der Waals surface area contributed by atoms with E-state index >= 15 is 0 Å². The summed E-state index contributed by atoms with van der Waals surface area (Å²) >= 11 is 0. The fourth-order valence-corrected chi connectivity index (χ4v) is 5.75. The third kappa shape index (κ3) is 7.24. The van der Waals surface area contributed by atoms with Gasteiger partial charge in [-0.25, -0.2) is 4.39 Å². The van der Waals surface area contributed by atoms with Crippen molar-refractivity contribution in [2.75, 3.05) is 38.7 Å². The van der Waals surface area contributed by atoms with Gasteiger partial charge in [0.1, 0.15) is 18.1 Å². The van der Waals surface area contributed by atoms with E-state index < -0.39 is 0 Å². The lowest BCUT2D eigenvalue weighted by Gasteiger charge is -2.27. The zero-order chi connectivity index (χ0) is 27.0. The molecule has 3 aromatic rings. The third-order valence-corrected chi connectivity index (χ3v) is 8.27. The van der Waals surface area contributed by atoms with Crippen LogP contribution in [0.1, 0.15) is 60.3 Å². The number of rotatable bonds is 13. The predicted molar refractivity (Wildman–Crippen MR) is 155 cm³/mol. The molecule has 0 heterocycles. The summed E-state index contributed by atoms with van der Waals surface area (Å²) in [5, 5.41) is 16.9. The van der Waals surface area contributed by atoms with Gasteiger partial charge in [-0.2, -0.15) is 0 Å². The molecule has 1 saturated carbocycles. The van der Waals surface area contributed by atoms with Crippen molar-refractivity contribution in [2.45, 2.75) is 57.3 Å². The first-order chi connectivity index (χ1) is 19.1. The Morgan fingerprint density at radius 2 is 1.87 bits per heavy atom. The van der Waals surface area contributed by atoms with Gasteiger partial charge in [0.2, 0.25) is 0 Å². The summed E-state index contributed by atoms with van der Waals surface area (Å²) in [6.45, 7) is 3.04. The van der Waals surface area contributed by atoms with E-state index in [1.54, 1.807) is 25.3 Å². The van der Waals surface area contributed by atoms with Crippen LogP contribution in [-0.2, 0) is 19.3 Å². The van der Waals surface area contributed by atoms with E-state index in [1.165, 1.54) is 36.0 Å². The summed E-state index contributed by atoms with van der Waals surface area (Å²) in [5.41, 5.74) is 5.93. The minimum atomic E-state index is -0.291. The van der Waals surface area contributed by atoms with E-state index in [0.29, 0.717) is 24.0 Å². The van der Waals surface area contributed by atoms with Gasteiger partial charge in [-0.05, 0) is 116 Å². The second kappa shape index (κ2) is 13.2. The molecule has 1 fully saturated rings. The van der Waals surface area contributed by atoms with Gasteiger partial charge in [0.15, 0.2) is 11.6 Å². The van der Waals surface area contributed by atoms with E-state index in [4.69, 9.17) is 9.47 Å². The average molecular weight is 533 g/mol. The van der Waals surface area contributed by atoms with Crippen molar-refractivity contribution < 1.29 is 19.0 Å². The SMILES string of the molecule is COc1ccc([C@@H]2CCc3cc(O)ccc3C2)c(NCCCc2ccc(OCCNCC3CCC3)c(F)c2)c1. The van der Waals surface area contributed by atoms with Crippen molar-refractivity contribution in [3.63, 3.8) is 0 Å². The number of aryl methyl sites for hydroxylation is 2. The van der Waals surface area contributed by atoms with Crippen molar-refractivity contribution in [1.29, 1.82) is 0 Å². The quantitative estimate of drug-likeness (QED) is 0.216. The van der Waals surface area contributed by atoms with Gasteiger partial charge in [-0.15, -0.1) is 0 Å². The molecule has 2 aliphatic carbocycles. The summed E-state index contributed by atoms with van der Waals surface area (Å²) in [5.74, 6) is 2.43. The van der Waals surface area contributed by atoms with Gasteiger partial charge in [-0.1, -0.05) is 24.6 Å². The van der Waals surface area contributed by atoms with Gasteiger partial charge in [0, 0.05) is 24.8 Å². The number of aromatic hydroxyl groups is 1. The Morgan fingerprint density at radius 1 is 0.974 bits per heavy atom. The van der Waals surface area contributed by atoms with Gasteiger partial charge in [0.05, 0.1) is 7.11 Å². The lowest BCUT2D eigenvalue weighted by molar-refractivity contribution is 0.270. The molecule has 5 rings (SSSR count). The number of anilines is 1. The first-order valence-corrected chi connectivity index (χ1v) is 14.4. The average Bonchev–Trinajstić information content (AvgIpc) is 2.92. The minimum absolute atomic E-state index is 0.291. The molecule has 0 aliphatic heterocycles. The maximum atomic E-state index is 14.6. The highest BCUT2D eigenvalue weighted by molar-refractivity contribution is 5.57. The van der Waals surface area contributed by atoms with Crippen molar-refractivity contribution in [3.8, 4) is 17.2 Å². The number of phenolic OH excluding ortho intramolecular Hbond substituents is 1. The molecule has 0 bridgehead atoms. The Morgan fingerprint density at radius 3 is 2.67 bits per heavy atom. The molecule has 0 spiro atoms. The first kappa shape index (κ1) is 27.3. The van der Waals surface area contributed by atoms with Crippen LogP contribution in [0.3, 0.4) is 0 Å². The molecule has 0 saturated heterocycles. The largest absolute Gasteiger partial charge is 0.508 e. The predicted octanol–water partition coefficient (Wildman–Crippen LogP) is 6.63. The Balaban J connectivity index is 1.11. The fourth-order valence-electron chi connectivity index (χ4n) is 5.75. The van der Waals surface area contributed by atoms with Crippen LogP contribution in [0, 0.1) is 11.7 Å². The van der Waals surface area contributed by atoms with Crippen LogP contribution in [0.4, 0.5) is 10.1 Å². The molecule has 0 unspecified atom stereocenters. The molecule has 0 aromatic heterocycles. The number of methoxy groups -OCH3 is 1. The molecule has 0 radical (unpaired) electrons. The fraction of sp³-hybridized carbons (Fsp3) is 0.455. The maximum Gasteiger partial charge on any atom is 0.165 e. The topological polar surface area (TPSA) is 62.8 Å². The number of halogens is 1. The Labute approximate surface area is 231 Å². The first-order valence-electron chi connectivity index (χ1n) is 14.4. The lowest BCUT2D eigenvalue weighted by Crippen LogP contribution is -2.30. The van der Waals surface area contributed by atoms with Crippen LogP contribution in [0.25, 0.3) is 0 Å². The van der Waals surface area contributed by atoms with Gasteiger partial charge in [-0.3, -0.25) is 0 Å². The normalized spacial score (nSPS) is 16.8. The molecule has 2 aliphatic rings. The highest BCUT2D eigenvalue weighted by Gasteiger charge is 2.23. The minimum Gasteiger partial charge on any atom is -0.508 e. The van der Waals surface area contributed by atoms with Crippen LogP contribution >= 0.6 is 0 Å². The molecule has 1 atom stereocenters. The molecule has 39 heavy (non-hydrogen) atoms. The molecular weight excluding hydrogens is 491 g/mol. The summed E-state index contributed by atoms with van der Waals surface area (Å²) < 4.78 is 25.8. The zero-order valence-corrected chi connectivity index (χ0v) is 23.0. The standard InChI is InChI=1S/C33H41FN2O3/c1-38-29-12-13-30(27-9-8-26-20-28(37)11-10-25(26)19-27)32(21-29)36-15-3-6-23-7-14-33(31(34)18-23)39-17-16-35-22-24-4-2-5-24/h7,10-14,18,20-21,24,27,35-37H,2-6,8-9,15-17,19,22H2,1H3/t27-/m1/s1. The molecular formula is C33H41FN2O3. The van der Waals surface area contributed by atoms with Gasteiger partial charge >= 0.3 is 0 Å². The Kier molecular flexibility index (Phi) is 9.25. The number of hydrogen-bond donors (Lipinski definition) is 3. The summed E-state index contributed by atoms with van der Waals surface area (Å²) in [6, 6.07) is 17.3.